The number of rotatable bonds is 6. The molecule has 0 fully saturated rings. The zero-order valence-electron chi connectivity index (χ0n) is 30.1. The highest BCUT2D eigenvalue weighted by molar-refractivity contribution is 7.25. The third-order valence-electron chi connectivity index (χ3n) is 10.7. The largest absolute Gasteiger partial charge is 0.455 e. The molecule has 56 heavy (non-hydrogen) atoms. The van der Waals surface area contributed by atoms with Gasteiger partial charge in [0.1, 0.15) is 11.2 Å². The number of furan rings is 1. The van der Waals surface area contributed by atoms with Crippen molar-refractivity contribution in [2.75, 3.05) is 0 Å². The van der Waals surface area contributed by atoms with E-state index in [2.05, 4.69) is 145 Å². The Bertz CT molecular complexity index is 3220. The summed E-state index contributed by atoms with van der Waals surface area (Å²) in [5.41, 5.74) is 13.3. The maximum Gasteiger partial charge on any atom is 0.160 e. The van der Waals surface area contributed by atoms with Gasteiger partial charge >= 0.3 is 0 Å². The van der Waals surface area contributed by atoms with Crippen molar-refractivity contribution in [3.8, 4) is 67.3 Å². The van der Waals surface area contributed by atoms with E-state index < -0.39 is 0 Å². The van der Waals surface area contributed by atoms with Gasteiger partial charge in [-0.3, -0.25) is 4.98 Å². The maximum atomic E-state index is 6.75. The molecule has 4 aromatic heterocycles. The number of hydrogen-bond donors (Lipinski definition) is 0. The summed E-state index contributed by atoms with van der Waals surface area (Å²) >= 11 is 1.84. The highest BCUT2D eigenvalue weighted by Crippen LogP contribution is 2.46. The van der Waals surface area contributed by atoms with Crippen molar-refractivity contribution in [1.82, 2.24) is 15.0 Å². The van der Waals surface area contributed by atoms with E-state index in [0.29, 0.717) is 5.82 Å². The van der Waals surface area contributed by atoms with Gasteiger partial charge in [-0.2, -0.15) is 0 Å². The van der Waals surface area contributed by atoms with Gasteiger partial charge in [-0.1, -0.05) is 133 Å². The van der Waals surface area contributed by atoms with Gasteiger partial charge in [0.05, 0.1) is 11.4 Å². The Morgan fingerprint density at radius 1 is 0.393 bits per heavy atom. The van der Waals surface area contributed by atoms with Crippen LogP contribution < -0.4 is 0 Å². The molecule has 4 heterocycles. The molecule has 0 amide bonds. The standard InChI is InChI=1S/C51H31N3OS/c1-2-9-35(10-3-1)43-31-44(36-21-17-32(18-22-36)33-27-29-52-30-28-33)54-51(53-43)37-23-19-34(20-24-37)38-25-26-40(50-49(38)41-11-4-6-14-45(41)55-50)39-13-8-16-47-48(39)42-12-5-7-15-46(42)56-47/h1-31H. The number of nitrogens with zero attached hydrogens (tertiary/aromatic N) is 3. The van der Waals surface area contributed by atoms with Crippen LogP contribution >= 0.6 is 11.3 Å². The quantitative estimate of drug-likeness (QED) is 0.171. The summed E-state index contributed by atoms with van der Waals surface area (Å²) in [6.45, 7) is 0. The second-order valence-electron chi connectivity index (χ2n) is 14.0. The van der Waals surface area contributed by atoms with Gasteiger partial charge in [0.2, 0.25) is 0 Å². The molecule has 4 nitrogen and oxygen atoms in total. The van der Waals surface area contributed by atoms with Crippen LogP contribution in [0.1, 0.15) is 0 Å². The first kappa shape index (κ1) is 32.2. The van der Waals surface area contributed by atoms with Gasteiger partial charge < -0.3 is 4.42 Å². The third-order valence-corrected chi connectivity index (χ3v) is 11.8. The molecule has 0 aliphatic rings. The first-order chi connectivity index (χ1) is 27.7. The predicted molar refractivity (Wildman–Crippen MR) is 233 cm³/mol. The van der Waals surface area contributed by atoms with Crippen LogP contribution in [-0.2, 0) is 0 Å². The zero-order valence-corrected chi connectivity index (χ0v) is 30.9. The first-order valence-corrected chi connectivity index (χ1v) is 19.5. The molecule has 0 bridgehead atoms. The smallest absolute Gasteiger partial charge is 0.160 e. The van der Waals surface area contributed by atoms with Crippen molar-refractivity contribution in [1.29, 1.82) is 0 Å². The van der Waals surface area contributed by atoms with Crippen LogP contribution in [0, 0.1) is 0 Å². The molecule has 0 saturated carbocycles. The molecular weight excluding hydrogens is 703 g/mol. The van der Waals surface area contributed by atoms with Crippen LogP contribution in [-0.4, -0.2) is 15.0 Å². The average molecular weight is 734 g/mol. The molecule has 11 rings (SSSR count). The highest BCUT2D eigenvalue weighted by atomic mass is 32.1. The summed E-state index contributed by atoms with van der Waals surface area (Å²) < 4.78 is 9.32. The van der Waals surface area contributed by atoms with E-state index in [-0.39, 0.29) is 0 Å². The van der Waals surface area contributed by atoms with Crippen molar-refractivity contribution in [3.05, 3.63) is 188 Å². The van der Waals surface area contributed by atoms with E-state index in [0.717, 1.165) is 77.8 Å². The number of thiophene rings is 1. The SMILES string of the molecule is c1ccc(-c2cc(-c3ccc(-c4ccncc4)cc3)nc(-c3ccc(-c4ccc(-c5cccc6sc7ccccc7c56)c5oc6ccccc6c45)cc3)n2)cc1. The fraction of sp³-hybridized carbons (Fsp3) is 0. The molecule has 0 spiro atoms. The summed E-state index contributed by atoms with van der Waals surface area (Å²) in [6.07, 6.45) is 3.64. The van der Waals surface area contributed by atoms with Crippen molar-refractivity contribution in [2.24, 2.45) is 0 Å². The lowest BCUT2D eigenvalue weighted by Gasteiger charge is -2.12. The van der Waals surface area contributed by atoms with Crippen LogP contribution in [0.3, 0.4) is 0 Å². The molecule has 0 aliphatic heterocycles. The van der Waals surface area contributed by atoms with Crippen molar-refractivity contribution >= 4 is 53.4 Å². The Morgan fingerprint density at radius 2 is 1.00 bits per heavy atom. The molecule has 0 aliphatic carbocycles. The number of pyridine rings is 1. The fourth-order valence-electron chi connectivity index (χ4n) is 7.94. The first-order valence-electron chi connectivity index (χ1n) is 18.7. The van der Waals surface area contributed by atoms with Crippen LogP contribution in [0.15, 0.2) is 193 Å². The van der Waals surface area contributed by atoms with Crippen LogP contribution in [0.2, 0.25) is 0 Å². The van der Waals surface area contributed by atoms with Crippen LogP contribution in [0.5, 0.6) is 0 Å². The number of aromatic nitrogens is 3. The molecule has 5 heteroatoms. The number of para-hydroxylation sites is 1. The van der Waals surface area contributed by atoms with Gasteiger partial charge in [0, 0.05) is 65.6 Å². The maximum absolute atomic E-state index is 6.75. The van der Waals surface area contributed by atoms with Crippen molar-refractivity contribution in [3.63, 3.8) is 0 Å². The van der Waals surface area contributed by atoms with E-state index in [1.807, 2.05) is 60.1 Å². The van der Waals surface area contributed by atoms with E-state index >= 15 is 0 Å². The van der Waals surface area contributed by atoms with Crippen molar-refractivity contribution in [2.45, 2.75) is 0 Å². The highest BCUT2D eigenvalue weighted by Gasteiger charge is 2.20. The molecule has 0 N–H and O–H groups in total. The van der Waals surface area contributed by atoms with Gasteiger partial charge in [-0.05, 0) is 70.3 Å². The number of fused-ring (bicyclic) bond motifs is 6. The van der Waals surface area contributed by atoms with Crippen molar-refractivity contribution < 1.29 is 4.42 Å². The normalized spacial score (nSPS) is 11.6. The summed E-state index contributed by atoms with van der Waals surface area (Å²) in [7, 11) is 0. The predicted octanol–water partition coefficient (Wildman–Crippen LogP) is 14.1. The summed E-state index contributed by atoms with van der Waals surface area (Å²) in [6, 6.07) is 61.7. The van der Waals surface area contributed by atoms with E-state index in [1.54, 1.807) is 0 Å². The Labute approximate surface area is 327 Å². The van der Waals surface area contributed by atoms with Crippen LogP contribution in [0.25, 0.3) is 109 Å². The summed E-state index contributed by atoms with van der Waals surface area (Å²) in [4.78, 5) is 14.4. The van der Waals surface area contributed by atoms with E-state index in [1.165, 1.54) is 25.7 Å². The Balaban J connectivity index is 1.03. The second-order valence-corrected chi connectivity index (χ2v) is 15.0. The molecule has 0 unspecified atom stereocenters. The third kappa shape index (κ3) is 5.48. The fourth-order valence-corrected chi connectivity index (χ4v) is 9.07. The molecule has 0 radical (unpaired) electrons. The minimum Gasteiger partial charge on any atom is -0.455 e. The van der Waals surface area contributed by atoms with Gasteiger partial charge in [0.25, 0.3) is 0 Å². The lowest BCUT2D eigenvalue weighted by atomic mass is 9.92. The molecule has 11 aromatic rings. The molecule has 0 saturated heterocycles. The van der Waals surface area contributed by atoms with E-state index in [4.69, 9.17) is 14.4 Å². The Kier molecular flexibility index (Phi) is 7.64. The molecule has 7 aromatic carbocycles. The molecule has 262 valence electrons. The number of hydrogen-bond acceptors (Lipinski definition) is 5. The zero-order chi connectivity index (χ0) is 37.0. The number of benzene rings is 7. The minimum absolute atomic E-state index is 0.677. The lowest BCUT2D eigenvalue weighted by molar-refractivity contribution is 0.670. The van der Waals surface area contributed by atoms with Gasteiger partial charge in [-0.15, -0.1) is 11.3 Å². The Morgan fingerprint density at radius 3 is 1.80 bits per heavy atom. The average Bonchev–Trinajstić information content (AvgIpc) is 3.86. The van der Waals surface area contributed by atoms with Gasteiger partial charge in [-0.25, -0.2) is 9.97 Å². The topological polar surface area (TPSA) is 51.8 Å². The van der Waals surface area contributed by atoms with Gasteiger partial charge in [0.15, 0.2) is 5.82 Å². The summed E-state index contributed by atoms with van der Waals surface area (Å²) in [5.74, 6) is 0.677. The van der Waals surface area contributed by atoms with E-state index in [9.17, 15) is 0 Å². The Hall–Kier alpha value is -7.21. The monoisotopic (exact) mass is 733 g/mol. The summed E-state index contributed by atoms with van der Waals surface area (Å²) in [5, 5.41) is 4.76. The minimum atomic E-state index is 0.677. The van der Waals surface area contributed by atoms with Crippen LogP contribution in [0.4, 0.5) is 0 Å². The lowest BCUT2D eigenvalue weighted by Crippen LogP contribution is -1.96. The second kappa shape index (κ2) is 13.3. The molecular formula is C51H31N3OS. The molecule has 0 atom stereocenters.